The molecule has 0 bridgehead atoms. The van der Waals surface area contributed by atoms with Gasteiger partial charge in [0.2, 0.25) is 0 Å². The van der Waals surface area contributed by atoms with Gasteiger partial charge in [0.1, 0.15) is 6.61 Å². The number of carbonyl (C=O) groups is 1. The predicted molar refractivity (Wildman–Crippen MR) is 71.5 cm³/mol. The lowest BCUT2D eigenvalue weighted by molar-refractivity contribution is -0.147. The van der Waals surface area contributed by atoms with E-state index in [0.717, 1.165) is 0 Å². The smallest absolute Gasteiger partial charge is 0.344 e. The molecule has 0 aliphatic rings. The third kappa shape index (κ3) is 3.74. The zero-order valence-corrected chi connectivity index (χ0v) is 11.4. The number of nitrogens with zero attached hydrogens (tertiary/aromatic N) is 2. The zero-order chi connectivity index (χ0) is 14.4. The Morgan fingerprint density at radius 2 is 2.00 bits per heavy atom. The van der Waals surface area contributed by atoms with Crippen LogP contribution in [-0.2, 0) is 23.2 Å². The number of aryl methyl sites for hydroxylation is 1. The molecule has 6 heteroatoms. The summed E-state index contributed by atoms with van der Waals surface area (Å²) in [5.74, 6) is 0.622. The standard InChI is InChI=1S/C14H16N2O4/c1-16-8-7-11(15-16)9-20-14(17)10-19-13-6-4-3-5-12(13)18-2/h3-8H,9-10H2,1-2H3. The Kier molecular flexibility index (Phi) is 4.60. The monoisotopic (exact) mass is 276 g/mol. The number of esters is 1. The average Bonchev–Trinajstić information content (AvgIpc) is 2.89. The fraction of sp³-hybridized carbons (Fsp3) is 0.286. The van der Waals surface area contributed by atoms with Gasteiger partial charge in [0.15, 0.2) is 18.1 Å². The van der Waals surface area contributed by atoms with Crippen LogP contribution in [-0.4, -0.2) is 29.5 Å². The Hall–Kier alpha value is -2.50. The maximum absolute atomic E-state index is 11.6. The van der Waals surface area contributed by atoms with Crippen LogP contribution in [0.25, 0.3) is 0 Å². The summed E-state index contributed by atoms with van der Waals surface area (Å²) in [6.07, 6.45) is 1.79. The van der Waals surface area contributed by atoms with Crippen LogP contribution in [0.3, 0.4) is 0 Å². The van der Waals surface area contributed by atoms with Crippen molar-refractivity contribution in [3.8, 4) is 11.5 Å². The van der Waals surface area contributed by atoms with Crippen molar-refractivity contribution in [1.82, 2.24) is 9.78 Å². The van der Waals surface area contributed by atoms with Gasteiger partial charge in [0.05, 0.1) is 12.8 Å². The topological polar surface area (TPSA) is 62.6 Å². The molecule has 2 rings (SSSR count). The van der Waals surface area contributed by atoms with E-state index in [9.17, 15) is 4.79 Å². The third-order valence-corrected chi connectivity index (χ3v) is 2.56. The summed E-state index contributed by atoms with van der Waals surface area (Å²) in [7, 11) is 3.34. The highest BCUT2D eigenvalue weighted by Crippen LogP contribution is 2.25. The Morgan fingerprint density at radius 3 is 2.65 bits per heavy atom. The minimum Gasteiger partial charge on any atom is -0.493 e. The number of methoxy groups -OCH3 is 1. The minimum absolute atomic E-state index is 0.134. The summed E-state index contributed by atoms with van der Waals surface area (Å²) in [5.41, 5.74) is 0.693. The van der Waals surface area contributed by atoms with Crippen LogP contribution in [0.2, 0.25) is 0 Å². The van der Waals surface area contributed by atoms with Crippen molar-refractivity contribution in [2.24, 2.45) is 7.05 Å². The third-order valence-electron chi connectivity index (χ3n) is 2.56. The van der Waals surface area contributed by atoms with Crippen LogP contribution < -0.4 is 9.47 Å². The van der Waals surface area contributed by atoms with Crippen LogP contribution >= 0.6 is 0 Å². The number of benzene rings is 1. The average molecular weight is 276 g/mol. The highest BCUT2D eigenvalue weighted by atomic mass is 16.6. The number of carbonyl (C=O) groups excluding carboxylic acids is 1. The summed E-state index contributed by atoms with van der Waals surface area (Å²) >= 11 is 0. The van der Waals surface area contributed by atoms with Gasteiger partial charge in [-0.1, -0.05) is 12.1 Å². The molecule has 0 saturated carbocycles. The van der Waals surface area contributed by atoms with Crippen molar-refractivity contribution in [1.29, 1.82) is 0 Å². The van der Waals surface area contributed by atoms with E-state index in [0.29, 0.717) is 17.2 Å². The second-order valence-corrected chi connectivity index (χ2v) is 4.08. The van der Waals surface area contributed by atoms with E-state index in [2.05, 4.69) is 5.10 Å². The molecule has 0 aliphatic carbocycles. The minimum atomic E-state index is -0.457. The maximum atomic E-state index is 11.6. The van der Waals surface area contributed by atoms with E-state index in [1.54, 1.807) is 49.3 Å². The summed E-state index contributed by atoms with van der Waals surface area (Å²) < 4.78 is 17.2. The molecule has 0 fully saturated rings. The molecule has 0 aliphatic heterocycles. The van der Waals surface area contributed by atoms with E-state index in [1.165, 1.54) is 0 Å². The normalized spacial score (nSPS) is 10.1. The van der Waals surface area contributed by atoms with Crippen LogP contribution in [0.15, 0.2) is 36.5 Å². The first-order valence-electron chi connectivity index (χ1n) is 6.09. The molecule has 106 valence electrons. The van der Waals surface area contributed by atoms with Gasteiger partial charge in [0, 0.05) is 13.2 Å². The molecule has 2 aromatic rings. The predicted octanol–water partition coefficient (Wildman–Crippen LogP) is 1.55. The lowest BCUT2D eigenvalue weighted by Gasteiger charge is -2.09. The van der Waals surface area contributed by atoms with E-state index in [-0.39, 0.29) is 13.2 Å². The summed E-state index contributed by atoms with van der Waals surface area (Å²) in [6.45, 7) is -0.0395. The molecule has 6 nitrogen and oxygen atoms in total. The van der Waals surface area contributed by atoms with Crippen LogP contribution in [0.1, 0.15) is 5.69 Å². The van der Waals surface area contributed by atoms with E-state index >= 15 is 0 Å². The largest absolute Gasteiger partial charge is 0.493 e. The van der Waals surface area contributed by atoms with Gasteiger partial charge >= 0.3 is 5.97 Å². The first kappa shape index (κ1) is 13.9. The Labute approximate surface area is 116 Å². The number of para-hydroxylation sites is 2. The molecule has 0 spiro atoms. The highest BCUT2D eigenvalue weighted by Gasteiger charge is 2.08. The molecule has 0 unspecified atom stereocenters. The van der Waals surface area contributed by atoms with Crippen molar-refractivity contribution in [3.63, 3.8) is 0 Å². The number of ether oxygens (including phenoxy) is 3. The second kappa shape index (κ2) is 6.60. The number of hydrogen-bond donors (Lipinski definition) is 0. The number of hydrogen-bond acceptors (Lipinski definition) is 5. The van der Waals surface area contributed by atoms with Gasteiger partial charge in [-0.3, -0.25) is 4.68 Å². The molecule has 20 heavy (non-hydrogen) atoms. The van der Waals surface area contributed by atoms with Gasteiger partial charge in [-0.05, 0) is 18.2 Å². The van der Waals surface area contributed by atoms with Gasteiger partial charge in [-0.2, -0.15) is 5.10 Å². The highest BCUT2D eigenvalue weighted by molar-refractivity contribution is 5.71. The molecule has 0 amide bonds. The Balaban J connectivity index is 1.80. The Bertz CT molecular complexity index is 580. The van der Waals surface area contributed by atoms with Crippen molar-refractivity contribution in [3.05, 3.63) is 42.2 Å². The van der Waals surface area contributed by atoms with Gasteiger partial charge in [-0.25, -0.2) is 4.79 Å². The van der Waals surface area contributed by atoms with E-state index in [4.69, 9.17) is 14.2 Å². The first-order chi connectivity index (χ1) is 9.69. The molecule has 0 radical (unpaired) electrons. The molecular weight excluding hydrogens is 260 g/mol. The summed E-state index contributed by atoms with van der Waals surface area (Å²) in [6, 6.07) is 8.90. The lowest BCUT2D eigenvalue weighted by atomic mass is 10.3. The zero-order valence-electron chi connectivity index (χ0n) is 11.4. The lowest BCUT2D eigenvalue weighted by Crippen LogP contribution is -2.15. The van der Waals surface area contributed by atoms with Gasteiger partial charge in [-0.15, -0.1) is 0 Å². The molecule has 1 heterocycles. The van der Waals surface area contributed by atoms with E-state index in [1.807, 2.05) is 6.07 Å². The quantitative estimate of drug-likeness (QED) is 0.749. The van der Waals surface area contributed by atoms with Gasteiger partial charge in [0.25, 0.3) is 0 Å². The maximum Gasteiger partial charge on any atom is 0.344 e. The van der Waals surface area contributed by atoms with Crippen LogP contribution in [0.4, 0.5) is 0 Å². The molecular formula is C14H16N2O4. The molecule has 0 N–H and O–H groups in total. The van der Waals surface area contributed by atoms with Crippen LogP contribution in [0, 0.1) is 0 Å². The Morgan fingerprint density at radius 1 is 1.25 bits per heavy atom. The summed E-state index contributed by atoms with van der Waals surface area (Å²) in [4.78, 5) is 11.6. The van der Waals surface area contributed by atoms with Crippen molar-refractivity contribution in [2.45, 2.75) is 6.61 Å². The fourth-order valence-corrected chi connectivity index (χ4v) is 1.61. The van der Waals surface area contributed by atoms with Crippen molar-refractivity contribution < 1.29 is 19.0 Å². The molecule has 1 aromatic carbocycles. The van der Waals surface area contributed by atoms with Crippen molar-refractivity contribution in [2.75, 3.05) is 13.7 Å². The summed E-state index contributed by atoms with van der Waals surface area (Å²) in [5, 5.41) is 4.11. The molecule has 0 atom stereocenters. The first-order valence-corrected chi connectivity index (χ1v) is 6.09. The number of rotatable bonds is 6. The van der Waals surface area contributed by atoms with Gasteiger partial charge < -0.3 is 14.2 Å². The van der Waals surface area contributed by atoms with E-state index < -0.39 is 5.97 Å². The molecule has 1 aromatic heterocycles. The van der Waals surface area contributed by atoms with Crippen molar-refractivity contribution >= 4 is 5.97 Å². The second-order valence-electron chi connectivity index (χ2n) is 4.08. The fourth-order valence-electron chi connectivity index (χ4n) is 1.61. The van der Waals surface area contributed by atoms with Crippen LogP contribution in [0.5, 0.6) is 11.5 Å². The number of aromatic nitrogens is 2. The molecule has 0 saturated heterocycles. The SMILES string of the molecule is COc1ccccc1OCC(=O)OCc1ccn(C)n1.